The summed E-state index contributed by atoms with van der Waals surface area (Å²) in [6, 6.07) is 0. The van der Waals surface area contributed by atoms with Crippen LogP contribution in [0.1, 0.15) is 200 Å². The van der Waals surface area contributed by atoms with Gasteiger partial charge in [0.25, 0.3) is 10.1 Å². The molecule has 6 atom stereocenters. The Labute approximate surface area is 346 Å². The van der Waals surface area contributed by atoms with E-state index < -0.39 is 71.2 Å². The van der Waals surface area contributed by atoms with Crippen molar-refractivity contribution in [1.82, 2.24) is 0 Å². The Bertz CT molecular complexity index is 1120. The van der Waals surface area contributed by atoms with Gasteiger partial charge in [-0.25, -0.2) is 0 Å². The minimum Gasteiger partial charge on any atom is -0.462 e. The topological polar surface area (TPSA) is 186 Å². The average molecular weight is 835 g/mol. The fraction of sp³-hybridized carbons (Fsp3) is 0.909. The van der Waals surface area contributed by atoms with Gasteiger partial charge in [-0.15, -0.1) is 0 Å². The van der Waals surface area contributed by atoms with Crippen molar-refractivity contribution in [3.05, 3.63) is 12.2 Å². The Hall–Kier alpha value is -1.61. The molecular weight excluding hydrogens is 753 g/mol. The first-order valence-electron chi connectivity index (χ1n) is 22.7. The van der Waals surface area contributed by atoms with Gasteiger partial charge in [-0.05, 0) is 38.5 Å². The van der Waals surface area contributed by atoms with Gasteiger partial charge in [-0.2, -0.15) is 8.42 Å². The first kappa shape index (κ1) is 53.4. The van der Waals surface area contributed by atoms with Crippen LogP contribution in [0.25, 0.3) is 0 Å². The molecule has 0 radical (unpaired) electrons. The van der Waals surface area contributed by atoms with Gasteiger partial charge in [0.15, 0.2) is 12.4 Å². The largest absolute Gasteiger partial charge is 0.462 e. The molecule has 1 saturated heterocycles. The predicted molar refractivity (Wildman–Crippen MR) is 224 cm³/mol. The minimum atomic E-state index is -4.60. The molecule has 4 N–H and O–H groups in total. The molecule has 57 heavy (non-hydrogen) atoms. The molecule has 0 aromatic heterocycles. The molecule has 1 rings (SSSR count). The third-order valence-electron chi connectivity index (χ3n) is 10.6. The van der Waals surface area contributed by atoms with E-state index in [-0.39, 0.29) is 19.4 Å². The van der Waals surface area contributed by atoms with E-state index in [0.29, 0.717) is 12.8 Å². The molecule has 336 valence electrons. The molecule has 0 amide bonds. The highest BCUT2D eigenvalue weighted by molar-refractivity contribution is 7.85. The zero-order valence-corrected chi connectivity index (χ0v) is 36.5. The van der Waals surface area contributed by atoms with E-state index in [2.05, 4.69) is 26.0 Å². The van der Waals surface area contributed by atoms with Crippen LogP contribution in [0, 0.1) is 0 Å². The molecule has 13 heteroatoms. The highest BCUT2D eigenvalue weighted by atomic mass is 32.2. The van der Waals surface area contributed by atoms with E-state index in [0.717, 1.165) is 38.5 Å². The zero-order valence-electron chi connectivity index (χ0n) is 35.7. The number of hydrogen-bond acceptors (Lipinski definition) is 11. The third kappa shape index (κ3) is 30.1. The van der Waals surface area contributed by atoms with Gasteiger partial charge in [0.2, 0.25) is 0 Å². The molecule has 1 aliphatic heterocycles. The first-order valence-corrected chi connectivity index (χ1v) is 24.4. The van der Waals surface area contributed by atoms with Crippen LogP contribution >= 0.6 is 0 Å². The Morgan fingerprint density at radius 2 is 1.00 bits per heavy atom. The number of rotatable bonds is 38. The number of aliphatic hydroxyl groups is 3. The Balaban J connectivity index is 2.40. The fourth-order valence-electron chi connectivity index (χ4n) is 7.02. The summed E-state index contributed by atoms with van der Waals surface area (Å²) in [4.78, 5) is 25.3. The number of ether oxygens (including phenoxy) is 4. The molecule has 0 spiro atoms. The SMILES string of the molecule is CCCCCCCC/C=C\CCCCCCCCCCCC(=O)OC(COC(=O)CCCCCCCCCCCC)COC1OC(CS(=O)(=O)O)C(O)C(O)C1O. The second-order valence-electron chi connectivity index (χ2n) is 16.1. The summed E-state index contributed by atoms with van der Waals surface area (Å²) in [5.41, 5.74) is 0. The smallest absolute Gasteiger partial charge is 0.306 e. The maximum atomic E-state index is 12.8. The van der Waals surface area contributed by atoms with Crippen molar-refractivity contribution in [2.75, 3.05) is 19.0 Å². The summed E-state index contributed by atoms with van der Waals surface area (Å²) >= 11 is 0. The minimum absolute atomic E-state index is 0.166. The summed E-state index contributed by atoms with van der Waals surface area (Å²) in [6.45, 7) is 3.74. The Morgan fingerprint density at radius 3 is 1.46 bits per heavy atom. The number of esters is 2. The summed E-state index contributed by atoms with van der Waals surface area (Å²) in [7, 11) is -4.60. The summed E-state index contributed by atoms with van der Waals surface area (Å²) < 4.78 is 54.0. The number of unbranched alkanes of at least 4 members (excludes halogenated alkanes) is 24. The van der Waals surface area contributed by atoms with Crippen LogP contribution in [0.15, 0.2) is 12.2 Å². The van der Waals surface area contributed by atoms with Gasteiger partial charge in [0.05, 0.1) is 6.61 Å². The third-order valence-corrected chi connectivity index (χ3v) is 11.3. The van der Waals surface area contributed by atoms with Crippen LogP contribution < -0.4 is 0 Å². The lowest BCUT2D eigenvalue weighted by Crippen LogP contribution is -2.60. The highest BCUT2D eigenvalue weighted by Crippen LogP contribution is 2.24. The number of carbonyl (C=O) groups excluding carboxylic acids is 2. The van der Waals surface area contributed by atoms with Crippen molar-refractivity contribution in [3.8, 4) is 0 Å². The molecule has 1 heterocycles. The molecular formula is C44H82O12S. The van der Waals surface area contributed by atoms with Crippen molar-refractivity contribution in [2.24, 2.45) is 0 Å². The summed E-state index contributed by atoms with van der Waals surface area (Å²) in [5.74, 6) is -1.98. The van der Waals surface area contributed by atoms with Crippen molar-refractivity contribution in [2.45, 2.75) is 237 Å². The first-order chi connectivity index (χ1) is 27.5. The van der Waals surface area contributed by atoms with Crippen molar-refractivity contribution < 1.29 is 56.8 Å². The maximum absolute atomic E-state index is 12.8. The van der Waals surface area contributed by atoms with Gasteiger partial charge in [0.1, 0.15) is 36.8 Å². The highest BCUT2D eigenvalue weighted by Gasteiger charge is 2.46. The molecule has 1 aliphatic rings. The molecule has 0 saturated carbocycles. The monoisotopic (exact) mass is 835 g/mol. The van der Waals surface area contributed by atoms with Crippen molar-refractivity contribution >= 4 is 22.1 Å². The average Bonchev–Trinajstić information content (AvgIpc) is 3.17. The summed E-state index contributed by atoms with van der Waals surface area (Å²) in [5, 5.41) is 30.8. The lowest BCUT2D eigenvalue weighted by molar-refractivity contribution is -0.297. The van der Waals surface area contributed by atoms with E-state index in [1.165, 1.54) is 122 Å². The number of aliphatic hydroxyl groups excluding tert-OH is 3. The molecule has 0 bridgehead atoms. The Morgan fingerprint density at radius 1 is 0.579 bits per heavy atom. The predicted octanol–water partition coefficient (Wildman–Crippen LogP) is 9.06. The fourth-order valence-corrected chi connectivity index (χ4v) is 7.72. The lowest BCUT2D eigenvalue weighted by Gasteiger charge is -2.40. The van der Waals surface area contributed by atoms with Crippen LogP contribution in [0.2, 0.25) is 0 Å². The number of carbonyl (C=O) groups is 2. The molecule has 0 aromatic carbocycles. The van der Waals surface area contributed by atoms with Gasteiger partial charge in [-0.3, -0.25) is 14.1 Å². The second-order valence-corrected chi connectivity index (χ2v) is 17.6. The van der Waals surface area contributed by atoms with E-state index in [1.807, 2.05) is 0 Å². The molecule has 1 fully saturated rings. The normalized spacial score (nSPS) is 20.6. The number of allylic oxidation sites excluding steroid dienone is 2. The van der Waals surface area contributed by atoms with Crippen LogP contribution in [0.5, 0.6) is 0 Å². The van der Waals surface area contributed by atoms with Crippen molar-refractivity contribution in [3.63, 3.8) is 0 Å². The number of hydrogen-bond donors (Lipinski definition) is 4. The second kappa shape index (κ2) is 35.2. The van der Waals surface area contributed by atoms with E-state index in [9.17, 15) is 37.9 Å². The van der Waals surface area contributed by atoms with Crippen molar-refractivity contribution in [1.29, 1.82) is 0 Å². The standard InChI is InChI=1S/C44H82O12S/c1-3-5-7-9-11-13-15-16-17-18-19-20-21-22-23-25-27-29-31-33-40(46)55-37(34-53-39(45)32-30-28-26-24-14-12-10-8-6-4-2)35-54-44-43(49)42(48)41(47)38(56-44)36-57(50,51)52/h16-17,37-38,41-44,47-49H,3-15,18-36H2,1-2H3,(H,50,51,52)/b17-16-. The van der Waals surface area contributed by atoms with Crippen LogP contribution in [0.4, 0.5) is 0 Å². The van der Waals surface area contributed by atoms with Crippen LogP contribution in [0.3, 0.4) is 0 Å². The quantitative estimate of drug-likeness (QED) is 0.0200. The summed E-state index contributed by atoms with van der Waals surface area (Å²) in [6.07, 6.45) is 26.9. The van der Waals surface area contributed by atoms with Gasteiger partial charge in [-0.1, -0.05) is 161 Å². The van der Waals surface area contributed by atoms with Gasteiger partial charge in [0, 0.05) is 12.8 Å². The molecule has 6 unspecified atom stereocenters. The molecule has 12 nitrogen and oxygen atoms in total. The van der Waals surface area contributed by atoms with E-state index in [4.69, 9.17) is 18.9 Å². The van der Waals surface area contributed by atoms with E-state index in [1.54, 1.807) is 0 Å². The van der Waals surface area contributed by atoms with E-state index >= 15 is 0 Å². The molecule has 0 aromatic rings. The van der Waals surface area contributed by atoms with Crippen LogP contribution in [-0.4, -0.2) is 96.0 Å². The van der Waals surface area contributed by atoms with Gasteiger partial charge >= 0.3 is 11.9 Å². The molecule has 0 aliphatic carbocycles. The maximum Gasteiger partial charge on any atom is 0.306 e. The Kier molecular flexibility index (Phi) is 33.0. The van der Waals surface area contributed by atoms with Crippen LogP contribution in [-0.2, 0) is 38.7 Å². The zero-order chi connectivity index (χ0) is 42.0. The van der Waals surface area contributed by atoms with Gasteiger partial charge < -0.3 is 34.3 Å². The lowest BCUT2D eigenvalue weighted by atomic mass is 10.00.